The molecule has 0 unspecified atom stereocenters. The zero-order valence-corrected chi connectivity index (χ0v) is 70.0. The predicted octanol–water partition coefficient (Wildman–Crippen LogP) is 23.6. The normalized spacial score (nSPS) is 12.5. The van der Waals surface area contributed by atoms with Crippen molar-refractivity contribution in [1.29, 1.82) is 0 Å². The molecule has 6 aromatic carbocycles. The van der Waals surface area contributed by atoms with E-state index < -0.39 is 0 Å². The average Bonchev–Trinajstić information content (AvgIpc) is 0.823. The minimum absolute atomic E-state index is 0.105. The first-order valence-corrected chi connectivity index (χ1v) is 41.9. The molecule has 0 bridgehead atoms. The molecule has 18 heteroatoms. The van der Waals surface area contributed by atoms with Crippen LogP contribution in [0, 0.1) is 48.5 Å². The summed E-state index contributed by atoms with van der Waals surface area (Å²) in [6.45, 7) is 41.0. The summed E-state index contributed by atoms with van der Waals surface area (Å²) in [5.41, 5.74) is 26.3. The Morgan fingerprint density at radius 1 is 0.376 bits per heavy atom. The Morgan fingerprint density at radius 3 is 0.970 bits per heavy atom. The summed E-state index contributed by atoms with van der Waals surface area (Å²) < 4.78 is 5.86. The molecule has 0 N–H and O–H groups in total. The molecule has 9 nitrogen and oxygen atoms in total. The van der Waals surface area contributed by atoms with E-state index in [1.165, 1.54) is 55.6 Å². The summed E-state index contributed by atoms with van der Waals surface area (Å²) in [6, 6.07) is 57.2. The van der Waals surface area contributed by atoms with E-state index in [1.807, 2.05) is 110 Å². The number of hydrogen-bond acceptors (Lipinski definition) is 6. The summed E-state index contributed by atoms with van der Waals surface area (Å²) in [4.78, 5) is 29.7. The Bertz CT molecular complexity index is 4190. The Kier molecular flexibility index (Phi) is 34.3. The predicted molar refractivity (Wildman–Crippen MR) is 424 cm³/mol. The van der Waals surface area contributed by atoms with E-state index in [1.54, 1.807) is 0 Å². The average molecular weight is 1600 g/mol. The van der Waals surface area contributed by atoms with Gasteiger partial charge < -0.3 is 13.7 Å². The SMILES string of the molecule is CC(=Nc1c(C)cc(C)cc1C)c1cccc([N+](C)=[C-]c2ccc(C(C)(C)C)cc2)n1.CC(=Nc1ccc(C(C)(C)C)cc1)c1cccc([N+](C)=[C-]c2c(C)cc(Cc3cc(C)c(N=C(C)c4cccc([N+](C)=[C-]c5ccc(C(C)(C)C)cc5)n4)c(C)c3)cc2C)n1.[Cl][Fe+][Cl].[Cl][Fe+][Cl].[Cl][Fe+][Cl]. The number of hydrogen-bond donors (Lipinski definition) is 0. The molecule has 0 aliphatic carbocycles. The molecule has 3 heterocycles. The molecule has 101 heavy (non-hydrogen) atoms. The van der Waals surface area contributed by atoms with Gasteiger partial charge in [-0.2, -0.15) is 0 Å². The number of aromatic nitrogens is 3. The number of aliphatic imine (C=N–C) groups is 3. The van der Waals surface area contributed by atoms with Gasteiger partial charge in [0.1, 0.15) is 0 Å². The molecule has 9 rings (SSSR count). The van der Waals surface area contributed by atoms with Gasteiger partial charge in [-0.25, -0.2) is 15.0 Å². The third-order valence-electron chi connectivity index (χ3n) is 16.5. The van der Waals surface area contributed by atoms with E-state index in [-0.39, 0.29) is 55.6 Å². The standard InChI is InChI=1S/C55H62N6.C28H33N3.6ClH.3Fe/c1-36-29-43(30-37(2)48(36)35-61(14)52-20-15-17-49(58-52)40(5)56-47-27-25-46(26-28-47)55(10,11)12)33-44-31-38(3)53(39(4)32-44)57-41(6)50-18-16-19-51(59-50)60(13)34-42-21-23-45(24-22-42)54(7,8)9;1-19-16-20(2)27(21(3)17-19)29-22(4)25-10-9-11-26(30-25)31(8)18-23-12-14-24(15-13-23)28(5,6)7;;;;;;;;;/h15-32H,33H2,1-14H3;9-17H,1-8H3;6*1H;;;/q;;;;;;;;3*+3/p-6. The van der Waals surface area contributed by atoms with E-state index in [0.717, 1.165) is 103 Å². The summed E-state index contributed by atoms with van der Waals surface area (Å²) in [7, 11) is 34.5. The fourth-order valence-electron chi connectivity index (χ4n) is 11.2. The van der Waals surface area contributed by atoms with Crippen LogP contribution in [0.4, 0.5) is 34.5 Å². The minimum atomic E-state index is 0.105. The van der Waals surface area contributed by atoms with Crippen LogP contribution in [0.25, 0.3) is 0 Å². The maximum atomic E-state index is 5.12. The van der Waals surface area contributed by atoms with E-state index in [0.29, 0.717) is 0 Å². The van der Waals surface area contributed by atoms with Gasteiger partial charge in [-0.05, 0) is 160 Å². The molecule has 0 aliphatic rings. The monoisotopic (exact) mass is 1600 g/mol. The van der Waals surface area contributed by atoms with Crippen LogP contribution in [-0.4, -0.2) is 85.6 Å². The zero-order chi connectivity index (χ0) is 75.1. The van der Waals surface area contributed by atoms with Crippen LogP contribution >= 0.6 is 60.6 Å². The molecule has 535 valence electrons. The van der Waals surface area contributed by atoms with Crippen LogP contribution in [0.5, 0.6) is 0 Å². The van der Waals surface area contributed by atoms with Gasteiger partial charge in [-0.3, -0.25) is 0 Å². The Labute approximate surface area is 647 Å². The Hall–Kier alpha value is -5.91. The summed E-state index contributed by atoms with van der Waals surface area (Å²) in [5, 5.41) is 0. The first kappa shape index (κ1) is 85.7. The van der Waals surface area contributed by atoms with Gasteiger partial charge >= 0.3 is 100.0 Å². The summed E-state index contributed by atoms with van der Waals surface area (Å²) in [6.07, 6.45) is 11.3. The van der Waals surface area contributed by atoms with Crippen molar-refractivity contribution < 1.29 is 53.1 Å². The summed E-state index contributed by atoms with van der Waals surface area (Å²) >= 11 is 0.583. The van der Waals surface area contributed by atoms with Gasteiger partial charge in [0.25, 0.3) is 17.5 Å². The second-order valence-electron chi connectivity index (χ2n) is 28.0. The molecule has 3 aromatic heterocycles. The number of aryl methyl sites for hydroxylation is 7. The molecule has 0 amide bonds. The van der Waals surface area contributed by atoms with E-state index in [9.17, 15) is 0 Å². The van der Waals surface area contributed by atoms with Crippen LogP contribution in [0.15, 0.2) is 179 Å². The fourth-order valence-corrected chi connectivity index (χ4v) is 11.2. The van der Waals surface area contributed by atoms with Crippen LogP contribution in [0.3, 0.4) is 0 Å². The molecule has 0 spiro atoms. The number of rotatable bonds is 14. The quantitative estimate of drug-likeness (QED) is 0.0471. The van der Waals surface area contributed by atoms with Crippen molar-refractivity contribution in [1.82, 2.24) is 15.0 Å². The van der Waals surface area contributed by atoms with E-state index >= 15 is 0 Å². The van der Waals surface area contributed by atoms with Crippen molar-refractivity contribution in [3.05, 3.63) is 264 Å². The third kappa shape index (κ3) is 26.9. The van der Waals surface area contributed by atoms with Crippen molar-refractivity contribution in [3.8, 4) is 0 Å². The maximum absolute atomic E-state index is 5.12. The van der Waals surface area contributed by atoms with Crippen LogP contribution in [-0.2, 0) is 62.1 Å². The molecular formula is C83H95Cl6Fe3N9+3. The second kappa shape index (κ2) is 40.4. The number of nitrogens with zero attached hydrogens (tertiary/aromatic N) is 9. The van der Waals surface area contributed by atoms with Crippen LogP contribution < -0.4 is 0 Å². The molecule has 9 aromatic rings. The van der Waals surface area contributed by atoms with Gasteiger partial charge in [0.05, 0.1) is 55.3 Å². The van der Waals surface area contributed by atoms with Gasteiger partial charge in [-0.1, -0.05) is 180 Å². The Morgan fingerprint density at radius 2 is 0.653 bits per heavy atom. The van der Waals surface area contributed by atoms with Crippen molar-refractivity contribution in [2.45, 2.75) is 154 Å². The third-order valence-corrected chi connectivity index (χ3v) is 16.5. The number of halogens is 6. The fraction of sp³-hybridized carbons (Fsp3) is 0.313. The second-order valence-corrected chi connectivity index (χ2v) is 33.4. The number of benzene rings is 6. The molecule has 0 saturated heterocycles. The van der Waals surface area contributed by atoms with E-state index in [2.05, 4.69) is 239 Å². The number of pyridine rings is 3. The molecular weight excluding hydrogens is 1500 g/mol. The van der Waals surface area contributed by atoms with Crippen molar-refractivity contribution in [2.75, 3.05) is 21.1 Å². The van der Waals surface area contributed by atoms with Crippen molar-refractivity contribution in [2.24, 2.45) is 15.0 Å². The molecule has 0 aliphatic heterocycles. The van der Waals surface area contributed by atoms with Crippen LogP contribution in [0.2, 0.25) is 0 Å². The van der Waals surface area contributed by atoms with Gasteiger partial charge in [0.2, 0.25) is 0 Å². The molecule has 0 fully saturated rings. The van der Waals surface area contributed by atoms with Gasteiger partial charge in [-0.15, -0.1) is 76.3 Å². The molecule has 0 atom stereocenters. The first-order valence-electron chi connectivity index (χ1n) is 32.8. The molecule has 0 radical (unpaired) electrons. The van der Waals surface area contributed by atoms with Gasteiger partial charge in [0, 0.05) is 18.6 Å². The van der Waals surface area contributed by atoms with Gasteiger partial charge in [0.15, 0.2) is 17.1 Å². The summed E-state index contributed by atoms with van der Waals surface area (Å²) in [5.74, 6) is 2.46. The van der Waals surface area contributed by atoms with Crippen molar-refractivity contribution in [3.63, 3.8) is 0 Å². The zero-order valence-electron chi connectivity index (χ0n) is 62.1. The Balaban J connectivity index is 0.000000382. The van der Waals surface area contributed by atoms with E-state index in [4.69, 9.17) is 90.5 Å². The topological polar surface area (TPSA) is 84.8 Å². The van der Waals surface area contributed by atoms with Crippen LogP contribution in [0.1, 0.15) is 184 Å². The molecule has 0 saturated carbocycles. The van der Waals surface area contributed by atoms with Crippen molar-refractivity contribution >= 4 is 131 Å². The first-order chi connectivity index (χ1) is 47.5.